The molecule has 0 aliphatic heterocycles. The van der Waals surface area contributed by atoms with E-state index in [0.717, 1.165) is 19.3 Å². The van der Waals surface area contributed by atoms with Crippen LogP contribution < -0.4 is 0 Å². The van der Waals surface area contributed by atoms with Crippen molar-refractivity contribution in [2.24, 2.45) is 0 Å². The lowest BCUT2D eigenvalue weighted by molar-refractivity contribution is -0.217. The van der Waals surface area contributed by atoms with Crippen LogP contribution >= 0.6 is 0 Å². The number of hydrogen-bond donors (Lipinski definition) is 1. The maximum atomic E-state index is 13.6. The van der Waals surface area contributed by atoms with Gasteiger partial charge in [0.15, 0.2) is 6.61 Å². The van der Waals surface area contributed by atoms with E-state index in [1.807, 2.05) is 0 Å². The van der Waals surface area contributed by atoms with E-state index in [1.165, 1.54) is 0 Å². The van der Waals surface area contributed by atoms with Crippen molar-refractivity contribution in [3.63, 3.8) is 0 Å². The number of rotatable bonds is 5. The number of alkyl halides is 4. The first-order chi connectivity index (χ1) is 10.7. The second kappa shape index (κ2) is 6.82. The van der Waals surface area contributed by atoms with Crippen molar-refractivity contribution in [3.8, 4) is 0 Å². The van der Waals surface area contributed by atoms with Gasteiger partial charge in [0, 0.05) is 0 Å². The summed E-state index contributed by atoms with van der Waals surface area (Å²) < 4.78 is 89.3. The molecule has 0 aromatic heterocycles. The zero-order valence-corrected chi connectivity index (χ0v) is 13.4. The summed E-state index contributed by atoms with van der Waals surface area (Å²) in [5, 5.41) is -5.69. The lowest BCUT2D eigenvalue weighted by Crippen LogP contribution is -2.55. The quantitative estimate of drug-likeness (QED) is 0.441. The summed E-state index contributed by atoms with van der Waals surface area (Å²) in [6, 6.07) is 0. The molecular formula is C12H16F4O7S. The van der Waals surface area contributed by atoms with Crippen molar-refractivity contribution in [2.45, 2.75) is 55.8 Å². The van der Waals surface area contributed by atoms with E-state index in [9.17, 15) is 35.6 Å². The number of hydrogen-bond acceptors (Lipinski definition) is 6. The van der Waals surface area contributed by atoms with Gasteiger partial charge in [-0.2, -0.15) is 21.6 Å². The molecule has 1 aliphatic rings. The molecule has 0 saturated heterocycles. The molecule has 1 atom stereocenters. The Bertz CT molecular complexity index is 595. The van der Waals surface area contributed by atoms with Crippen molar-refractivity contribution >= 4 is 22.1 Å². The summed E-state index contributed by atoms with van der Waals surface area (Å²) in [4.78, 5) is 22.7. The van der Waals surface area contributed by atoms with Gasteiger partial charge in [-0.15, -0.1) is 0 Å². The number of esters is 2. The lowest BCUT2D eigenvalue weighted by Gasteiger charge is -2.33. The highest BCUT2D eigenvalue weighted by Gasteiger charge is 2.72. The Morgan fingerprint density at radius 2 is 1.62 bits per heavy atom. The number of ether oxygens (including phenoxy) is 2. The summed E-state index contributed by atoms with van der Waals surface area (Å²) in [7, 11) is -6.53. The molecule has 0 heterocycles. The van der Waals surface area contributed by atoms with E-state index < -0.39 is 45.4 Å². The predicted octanol–water partition coefficient (Wildman–Crippen LogP) is 1.91. The normalized spacial score (nSPS) is 20.8. The third-order valence-electron chi connectivity index (χ3n) is 3.58. The van der Waals surface area contributed by atoms with Crippen LogP contribution in [0.1, 0.15) is 39.0 Å². The molecule has 140 valence electrons. The van der Waals surface area contributed by atoms with E-state index in [-0.39, 0.29) is 0 Å². The minimum Gasteiger partial charge on any atom is -0.457 e. The van der Waals surface area contributed by atoms with Crippen molar-refractivity contribution in [3.05, 3.63) is 0 Å². The van der Waals surface area contributed by atoms with Crippen LogP contribution in [0.5, 0.6) is 0 Å². The fraction of sp³-hybridized carbons (Fsp3) is 0.833. The highest BCUT2D eigenvalue weighted by Crippen LogP contribution is 2.39. The average molecular weight is 380 g/mol. The second-order valence-corrected chi connectivity index (χ2v) is 7.14. The second-order valence-electron chi connectivity index (χ2n) is 5.63. The third-order valence-corrected chi connectivity index (χ3v) is 4.68. The number of halogens is 4. The van der Waals surface area contributed by atoms with Gasteiger partial charge in [0.2, 0.25) is 0 Å². The van der Waals surface area contributed by atoms with Gasteiger partial charge in [-0.25, -0.2) is 14.0 Å². The summed E-state index contributed by atoms with van der Waals surface area (Å²) >= 11 is 0. The molecule has 12 heteroatoms. The van der Waals surface area contributed by atoms with Crippen LogP contribution in [0.3, 0.4) is 0 Å². The molecule has 1 unspecified atom stereocenters. The molecule has 1 fully saturated rings. The molecule has 24 heavy (non-hydrogen) atoms. The molecule has 1 rings (SSSR count). The maximum Gasteiger partial charge on any atom is 0.451 e. The van der Waals surface area contributed by atoms with Crippen molar-refractivity contribution in [2.75, 3.05) is 6.61 Å². The summed E-state index contributed by atoms with van der Waals surface area (Å²) in [5.41, 5.74) is -0.887. The van der Waals surface area contributed by atoms with Crippen LogP contribution in [0.15, 0.2) is 0 Å². The van der Waals surface area contributed by atoms with Crippen LogP contribution in [0.4, 0.5) is 17.6 Å². The molecule has 7 nitrogen and oxygen atoms in total. The van der Waals surface area contributed by atoms with Gasteiger partial charge in [0.1, 0.15) is 5.60 Å². The average Bonchev–Trinajstić information content (AvgIpc) is 2.41. The highest BCUT2D eigenvalue weighted by molar-refractivity contribution is 7.88. The highest BCUT2D eigenvalue weighted by atomic mass is 32.2. The molecule has 1 saturated carbocycles. The fourth-order valence-corrected chi connectivity index (χ4v) is 2.85. The van der Waals surface area contributed by atoms with Gasteiger partial charge >= 0.3 is 33.2 Å². The molecule has 0 amide bonds. The Labute approximate surface area is 135 Å². The topological polar surface area (TPSA) is 107 Å². The van der Waals surface area contributed by atoms with Gasteiger partial charge in [0.05, 0.1) is 0 Å². The summed E-state index contributed by atoms with van der Waals surface area (Å²) in [5.74, 6) is -4.23. The first-order valence-corrected chi connectivity index (χ1v) is 8.29. The van der Waals surface area contributed by atoms with Gasteiger partial charge in [-0.3, -0.25) is 4.55 Å². The van der Waals surface area contributed by atoms with Gasteiger partial charge in [-0.05, 0) is 32.6 Å². The Morgan fingerprint density at radius 3 is 2.04 bits per heavy atom. The Balaban J connectivity index is 2.75. The number of carbonyl (C=O) groups is 2. The van der Waals surface area contributed by atoms with E-state index in [4.69, 9.17) is 9.29 Å². The van der Waals surface area contributed by atoms with Crippen molar-refractivity contribution < 1.29 is 49.6 Å². The zero-order chi connectivity index (χ0) is 18.8. The van der Waals surface area contributed by atoms with Crippen LogP contribution in [0.2, 0.25) is 0 Å². The summed E-state index contributed by atoms with van der Waals surface area (Å²) in [6.45, 7) is 0.158. The number of carbonyl (C=O) groups excluding carboxylic acids is 2. The largest absolute Gasteiger partial charge is 0.457 e. The molecule has 0 aromatic carbocycles. The molecule has 0 bridgehead atoms. The first-order valence-electron chi connectivity index (χ1n) is 6.85. The van der Waals surface area contributed by atoms with Crippen LogP contribution in [-0.4, -0.2) is 48.3 Å². The van der Waals surface area contributed by atoms with E-state index >= 15 is 0 Å². The molecule has 1 N–H and O–H groups in total. The summed E-state index contributed by atoms with van der Waals surface area (Å²) in [6.07, 6.45) is -2.87. The zero-order valence-electron chi connectivity index (χ0n) is 12.6. The Morgan fingerprint density at radius 1 is 1.12 bits per heavy atom. The van der Waals surface area contributed by atoms with Crippen LogP contribution in [0, 0.1) is 0 Å². The minimum absolute atomic E-state index is 0.493. The van der Waals surface area contributed by atoms with Crippen molar-refractivity contribution in [1.29, 1.82) is 0 Å². The smallest absolute Gasteiger partial charge is 0.451 e. The molecule has 0 radical (unpaired) electrons. The van der Waals surface area contributed by atoms with E-state index in [2.05, 4.69) is 4.74 Å². The standard InChI is InChI=1S/C12H16F4O7S/c1-10(5-3-2-4-6-10)23-8(17)7-22-9(18)11(13,12(14,15)16)24(19,20)21/h2-7H2,1H3,(H,19,20,21). The first kappa shape index (κ1) is 20.6. The third kappa shape index (κ3) is 4.35. The predicted molar refractivity (Wildman–Crippen MR) is 70.0 cm³/mol. The Kier molecular flexibility index (Phi) is 5.86. The molecule has 1 aliphatic carbocycles. The maximum absolute atomic E-state index is 13.6. The van der Waals surface area contributed by atoms with Gasteiger partial charge < -0.3 is 9.47 Å². The van der Waals surface area contributed by atoms with E-state index in [1.54, 1.807) is 6.92 Å². The molecule has 0 spiro atoms. The molecular weight excluding hydrogens is 364 g/mol. The van der Waals surface area contributed by atoms with E-state index in [0.29, 0.717) is 12.8 Å². The van der Waals surface area contributed by atoms with Crippen LogP contribution in [-0.2, 0) is 29.2 Å². The van der Waals surface area contributed by atoms with Crippen molar-refractivity contribution in [1.82, 2.24) is 0 Å². The monoisotopic (exact) mass is 380 g/mol. The fourth-order valence-electron chi connectivity index (χ4n) is 2.29. The Hall–Kier alpha value is -1.43. The lowest BCUT2D eigenvalue weighted by atomic mass is 9.86. The van der Waals surface area contributed by atoms with Crippen LogP contribution in [0.25, 0.3) is 0 Å². The van der Waals surface area contributed by atoms with Gasteiger partial charge in [0.25, 0.3) is 0 Å². The SMILES string of the molecule is CC1(OC(=O)COC(=O)C(F)(C(F)(F)F)S(=O)(=O)O)CCCCC1. The molecule has 0 aromatic rings. The van der Waals surface area contributed by atoms with Gasteiger partial charge in [-0.1, -0.05) is 6.42 Å². The minimum atomic E-state index is -6.53.